The third-order valence-corrected chi connectivity index (χ3v) is 7.01. The van der Waals surface area contributed by atoms with Gasteiger partial charge in [0, 0.05) is 17.2 Å². The Bertz CT molecular complexity index is 1690. The van der Waals surface area contributed by atoms with Gasteiger partial charge in [-0.2, -0.15) is 0 Å². The molecular formula is C28H23FN2O3S. The van der Waals surface area contributed by atoms with Crippen molar-refractivity contribution in [3.8, 4) is 5.69 Å². The second kappa shape index (κ2) is 9.15. The molecule has 0 bridgehead atoms. The Kier molecular flexibility index (Phi) is 6.03. The van der Waals surface area contributed by atoms with Crippen molar-refractivity contribution >= 4 is 33.6 Å². The molecule has 0 N–H and O–H groups in total. The van der Waals surface area contributed by atoms with Crippen LogP contribution in [-0.4, -0.2) is 9.55 Å². The first-order chi connectivity index (χ1) is 16.8. The minimum Gasteiger partial charge on any atom is -0.423 e. The first kappa shape index (κ1) is 23.1. The third-order valence-electron chi connectivity index (χ3n) is 6.03. The molecular weight excluding hydrogens is 463 g/mol. The summed E-state index contributed by atoms with van der Waals surface area (Å²) in [4.78, 5) is 30.5. The summed E-state index contributed by atoms with van der Waals surface area (Å²) in [5.74, 6) is 0.329. The molecule has 0 amide bonds. The van der Waals surface area contributed by atoms with Crippen molar-refractivity contribution in [1.29, 1.82) is 0 Å². The van der Waals surface area contributed by atoms with Crippen molar-refractivity contribution in [3.05, 3.63) is 110 Å². The lowest BCUT2D eigenvalue weighted by Crippen LogP contribution is -2.21. The molecule has 35 heavy (non-hydrogen) atoms. The van der Waals surface area contributed by atoms with Crippen molar-refractivity contribution in [2.75, 3.05) is 0 Å². The van der Waals surface area contributed by atoms with Gasteiger partial charge in [0.2, 0.25) is 0 Å². The number of aromatic nitrogens is 2. The predicted octanol–water partition coefficient (Wildman–Crippen LogP) is 6.36. The van der Waals surface area contributed by atoms with E-state index < -0.39 is 5.63 Å². The summed E-state index contributed by atoms with van der Waals surface area (Å²) in [5, 5.41) is 1.80. The fourth-order valence-corrected chi connectivity index (χ4v) is 5.31. The Morgan fingerprint density at radius 2 is 1.74 bits per heavy atom. The monoisotopic (exact) mass is 486 g/mol. The zero-order valence-electron chi connectivity index (χ0n) is 19.5. The highest BCUT2D eigenvalue weighted by Crippen LogP contribution is 2.31. The van der Waals surface area contributed by atoms with Crippen LogP contribution in [-0.2, 0) is 5.75 Å². The number of rotatable bonds is 5. The molecule has 5 aromatic rings. The highest BCUT2D eigenvalue weighted by Gasteiger charge is 2.16. The number of benzene rings is 3. The molecule has 0 radical (unpaired) electrons. The molecule has 5 rings (SSSR count). The molecule has 0 spiro atoms. The van der Waals surface area contributed by atoms with E-state index in [1.807, 2.05) is 19.1 Å². The number of thioether (sulfide) groups is 1. The fourth-order valence-electron chi connectivity index (χ4n) is 4.30. The fraction of sp³-hybridized carbons (Fsp3) is 0.179. The van der Waals surface area contributed by atoms with Crippen LogP contribution in [0.1, 0.15) is 36.5 Å². The summed E-state index contributed by atoms with van der Waals surface area (Å²) in [6, 6.07) is 18.4. The van der Waals surface area contributed by atoms with Gasteiger partial charge in [-0.3, -0.25) is 9.36 Å². The Morgan fingerprint density at radius 1 is 1.00 bits per heavy atom. The Morgan fingerprint density at radius 3 is 2.49 bits per heavy atom. The Hall–Kier alpha value is -3.71. The molecule has 5 nitrogen and oxygen atoms in total. The van der Waals surface area contributed by atoms with E-state index in [2.05, 4.69) is 19.9 Å². The van der Waals surface area contributed by atoms with Crippen LogP contribution in [0.25, 0.3) is 27.6 Å². The van der Waals surface area contributed by atoms with Crippen LogP contribution in [0.4, 0.5) is 4.39 Å². The molecule has 0 aliphatic heterocycles. The van der Waals surface area contributed by atoms with E-state index in [0.29, 0.717) is 39.0 Å². The van der Waals surface area contributed by atoms with Gasteiger partial charge in [0.25, 0.3) is 5.56 Å². The quantitative estimate of drug-likeness (QED) is 0.164. The summed E-state index contributed by atoms with van der Waals surface area (Å²) >= 11 is 1.35. The highest BCUT2D eigenvalue weighted by atomic mass is 32.2. The molecule has 2 heterocycles. The van der Waals surface area contributed by atoms with Gasteiger partial charge in [0.15, 0.2) is 5.16 Å². The molecule has 2 aromatic heterocycles. The number of fused-ring (bicyclic) bond motifs is 2. The van der Waals surface area contributed by atoms with Crippen molar-refractivity contribution in [2.45, 2.75) is 37.6 Å². The first-order valence-corrected chi connectivity index (χ1v) is 12.3. The van der Waals surface area contributed by atoms with Crippen molar-refractivity contribution in [3.63, 3.8) is 0 Å². The average Bonchev–Trinajstić information content (AvgIpc) is 2.82. The van der Waals surface area contributed by atoms with Gasteiger partial charge >= 0.3 is 5.63 Å². The summed E-state index contributed by atoms with van der Waals surface area (Å²) < 4.78 is 20.6. The van der Waals surface area contributed by atoms with Crippen LogP contribution in [0.3, 0.4) is 0 Å². The van der Waals surface area contributed by atoms with Gasteiger partial charge in [0.1, 0.15) is 11.4 Å². The molecule has 0 fully saturated rings. The van der Waals surface area contributed by atoms with E-state index in [4.69, 9.17) is 9.40 Å². The minimum absolute atomic E-state index is 0.236. The molecule has 0 saturated carbocycles. The van der Waals surface area contributed by atoms with E-state index in [1.165, 1.54) is 40.1 Å². The molecule has 176 valence electrons. The maximum absolute atomic E-state index is 13.6. The van der Waals surface area contributed by atoms with Crippen LogP contribution in [0.2, 0.25) is 0 Å². The van der Waals surface area contributed by atoms with E-state index in [-0.39, 0.29) is 11.4 Å². The van der Waals surface area contributed by atoms with Gasteiger partial charge in [-0.15, -0.1) is 0 Å². The number of para-hydroxylation sites is 1. The van der Waals surface area contributed by atoms with Gasteiger partial charge in [-0.05, 0) is 78.1 Å². The normalized spacial score (nSPS) is 11.6. The largest absolute Gasteiger partial charge is 0.423 e. The van der Waals surface area contributed by atoms with Crippen LogP contribution in [0.5, 0.6) is 0 Å². The number of hydrogen-bond acceptors (Lipinski definition) is 5. The molecule has 7 heteroatoms. The molecule has 3 aromatic carbocycles. The lowest BCUT2D eigenvalue weighted by molar-refractivity contribution is 0.559. The summed E-state index contributed by atoms with van der Waals surface area (Å²) in [5.41, 5.74) is 4.04. The standard InChI is InChI=1S/C28H23FN2O3S/c1-16(2)22-14-23-18(13-26(32)34-25(23)12-17(22)3)15-35-28-30-24-7-5-4-6-21(24)27(33)31(28)20-10-8-19(29)9-11-20/h4-14,16H,15H2,1-3H3. The second-order valence-electron chi connectivity index (χ2n) is 8.77. The van der Waals surface area contributed by atoms with E-state index in [9.17, 15) is 14.0 Å². The van der Waals surface area contributed by atoms with Gasteiger partial charge in [-0.25, -0.2) is 14.2 Å². The zero-order chi connectivity index (χ0) is 24.7. The number of aryl methyl sites for hydroxylation is 1. The molecule has 0 atom stereocenters. The maximum Gasteiger partial charge on any atom is 0.336 e. The second-order valence-corrected chi connectivity index (χ2v) is 9.71. The van der Waals surface area contributed by atoms with Gasteiger partial charge in [0.05, 0.1) is 16.6 Å². The van der Waals surface area contributed by atoms with Crippen LogP contribution >= 0.6 is 11.8 Å². The summed E-state index contributed by atoms with van der Waals surface area (Å²) in [6.07, 6.45) is 0. The Labute approximate surface area is 205 Å². The average molecular weight is 487 g/mol. The topological polar surface area (TPSA) is 65.1 Å². The smallest absolute Gasteiger partial charge is 0.336 e. The lowest BCUT2D eigenvalue weighted by Gasteiger charge is -2.15. The SMILES string of the molecule is Cc1cc2oc(=O)cc(CSc3nc4ccccc4c(=O)n3-c3ccc(F)cc3)c2cc1C(C)C. The number of nitrogens with zero attached hydrogens (tertiary/aromatic N) is 2. The summed E-state index contributed by atoms with van der Waals surface area (Å²) in [7, 11) is 0. The Balaban J connectivity index is 1.64. The minimum atomic E-state index is -0.424. The van der Waals surface area contributed by atoms with Crippen LogP contribution in [0.15, 0.2) is 85.9 Å². The molecule has 0 aliphatic carbocycles. The highest BCUT2D eigenvalue weighted by molar-refractivity contribution is 7.98. The number of hydrogen-bond donors (Lipinski definition) is 0. The van der Waals surface area contributed by atoms with Gasteiger partial charge < -0.3 is 4.42 Å². The van der Waals surface area contributed by atoms with Crippen molar-refractivity contribution < 1.29 is 8.81 Å². The predicted molar refractivity (Wildman–Crippen MR) is 138 cm³/mol. The van der Waals surface area contributed by atoms with Gasteiger partial charge in [-0.1, -0.05) is 37.7 Å². The number of halogens is 1. The zero-order valence-corrected chi connectivity index (χ0v) is 20.4. The lowest BCUT2D eigenvalue weighted by atomic mass is 9.95. The van der Waals surface area contributed by atoms with E-state index >= 15 is 0 Å². The molecule has 0 unspecified atom stereocenters. The molecule has 0 aliphatic rings. The molecule has 0 saturated heterocycles. The summed E-state index contributed by atoms with van der Waals surface area (Å²) in [6.45, 7) is 6.26. The van der Waals surface area contributed by atoms with Crippen LogP contribution in [0, 0.1) is 12.7 Å². The first-order valence-electron chi connectivity index (χ1n) is 11.3. The van der Waals surface area contributed by atoms with E-state index in [0.717, 1.165) is 16.5 Å². The van der Waals surface area contributed by atoms with Crippen molar-refractivity contribution in [2.24, 2.45) is 0 Å². The maximum atomic E-state index is 13.6. The van der Waals surface area contributed by atoms with Crippen LogP contribution < -0.4 is 11.2 Å². The van der Waals surface area contributed by atoms with Crippen molar-refractivity contribution in [1.82, 2.24) is 9.55 Å². The van der Waals surface area contributed by atoms with E-state index in [1.54, 1.807) is 30.3 Å². The third kappa shape index (κ3) is 4.39.